The van der Waals surface area contributed by atoms with Crippen molar-refractivity contribution in [1.82, 2.24) is 20.4 Å². The molecule has 1 aliphatic heterocycles. The van der Waals surface area contributed by atoms with E-state index in [-0.39, 0.29) is 36.0 Å². The van der Waals surface area contributed by atoms with Crippen LogP contribution in [0, 0.1) is 0 Å². The predicted octanol–water partition coefficient (Wildman–Crippen LogP) is -0.888. The highest BCUT2D eigenvalue weighted by Crippen LogP contribution is 2.20. The van der Waals surface area contributed by atoms with Crippen molar-refractivity contribution in [2.24, 2.45) is 0 Å². The molecule has 0 aromatic carbocycles. The first-order valence-electron chi connectivity index (χ1n) is 6.65. The number of nitrogens with zero attached hydrogens (tertiary/aromatic N) is 2. The van der Waals surface area contributed by atoms with Gasteiger partial charge in [0.25, 0.3) is 5.91 Å². The maximum atomic E-state index is 12.4. The maximum Gasteiger partial charge on any atom is 0.272 e. The summed E-state index contributed by atoms with van der Waals surface area (Å²) in [5, 5.41) is 9.21. The Kier molecular flexibility index (Phi) is 3.31. The van der Waals surface area contributed by atoms with Crippen LogP contribution < -0.4 is 11.1 Å². The number of hydrogen-bond acceptors (Lipinski definition) is 5. The molecule has 8 heteroatoms. The fourth-order valence-electron chi connectivity index (χ4n) is 2.19. The third-order valence-corrected chi connectivity index (χ3v) is 3.44. The number of nitrogen functional groups attached to an aromatic ring is 1. The lowest BCUT2D eigenvalue weighted by atomic mass is 10.2. The number of aromatic nitrogens is 2. The van der Waals surface area contributed by atoms with E-state index in [1.54, 1.807) is 0 Å². The average Bonchev–Trinajstić information content (AvgIpc) is 3.16. The lowest BCUT2D eigenvalue weighted by molar-refractivity contribution is -0.130. The number of aromatic amines is 1. The van der Waals surface area contributed by atoms with Crippen molar-refractivity contribution in [1.29, 1.82) is 0 Å². The van der Waals surface area contributed by atoms with Crippen molar-refractivity contribution in [2.45, 2.75) is 24.9 Å². The summed E-state index contributed by atoms with van der Waals surface area (Å²) < 4.78 is 5.32. The second-order valence-electron chi connectivity index (χ2n) is 5.08. The molecule has 1 aromatic heterocycles. The topological polar surface area (TPSA) is 113 Å². The number of anilines is 1. The SMILES string of the molecule is Nc1cc(C(=O)N2CCOCC2C(=O)NC2CC2)[nH]n1. The monoisotopic (exact) mass is 279 g/mol. The zero-order valence-electron chi connectivity index (χ0n) is 11.0. The standard InChI is InChI=1S/C12H17N5O3/c13-10-5-8(15-16-10)12(19)17-3-4-20-6-9(17)11(18)14-7-1-2-7/h5,7,9H,1-4,6H2,(H,14,18)(H3,13,15,16). The molecule has 1 saturated heterocycles. The van der Waals surface area contributed by atoms with Gasteiger partial charge >= 0.3 is 0 Å². The van der Waals surface area contributed by atoms with E-state index >= 15 is 0 Å². The van der Waals surface area contributed by atoms with Gasteiger partial charge in [-0.15, -0.1) is 0 Å². The van der Waals surface area contributed by atoms with E-state index in [4.69, 9.17) is 10.5 Å². The van der Waals surface area contributed by atoms with Crippen molar-refractivity contribution in [2.75, 3.05) is 25.5 Å². The number of nitrogens with two attached hydrogens (primary N) is 1. The Hall–Kier alpha value is -2.09. The van der Waals surface area contributed by atoms with E-state index in [9.17, 15) is 9.59 Å². The largest absolute Gasteiger partial charge is 0.382 e. The van der Waals surface area contributed by atoms with Crippen LogP contribution in [0.25, 0.3) is 0 Å². The van der Waals surface area contributed by atoms with Gasteiger partial charge in [0.1, 0.15) is 17.6 Å². The van der Waals surface area contributed by atoms with Gasteiger partial charge in [-0.3, -0.25) is 14.7 Å². The van der Waals surface area contributed by atoms with E-state index in [0.29, 0.717) is 13.2 Å². The predicted molar refractivity (Wildman–Crippen MR) is 69.8 cm³/mol. The van der Waals surface area contributed by atoms with Crippen LogP contribution in [-0.4, -0.2) is 58.8 Å². The van der Waals surface area contributed by atoms with Crippen LogP contribution >= 0.6 is 0 Å². The number of morpholine rings is 1. The highest BCUT2D eigenvalue weighted by Gasteiger charge is 2.36. The molecule has 1 aromatic rings. The van der Waals surface area contributed by atoms with Crippen LogP contribution in [0.2, 0.25) is 0 Å². The molecule has 1 atom stereocenters. The van der Waals surface area contributed by atoms with Gasteiger partial charge in [-0.25, -0.2) is 0 Å². The molecule has 1 saturated carbocycles. The van der Waals surface area contributed by atoms with Crippen molar-refractivity contribution >= 4 is 17.6 Å². The van der Waals surface area contributed by atoms with Crippen molar-refractivity contribution in [3.05, 3.63) is 11.8 Å². The molecule has 108 valence electrons. The average molecular weight is 279 g/mol. The first-order valence-corrected chi connectivity index (χ1v) is 6.65. The van der Waals surface area contributed by atoms with E-state index in [0.717, 1.165) is 12.8 Å². The van der Waals surface area contributed by atoms with Gasteiger partial charge in [0.2, 0.25) is 5.91 Å². The summed E-state index contributed by atoms with van der Waals surface area (Å²) in [6.07, 6.45) is 2.01. The number of rotatable bonds is 3. The number of carbonyl (C=O) groups is 2. The second-order valence-corrected chi connectivity index (χ2v) is 5.08. The molecule has 4 N–H and O–H groups in total. The number of nitrogens with one attached hydrogen (secondary N) is 2. The molecule has 2 aliphatic rings. The van der Waals surface area contributed by atoms with Gasteiger partial charge in [-0.05, 0) is 12.8 Å². The molecular weight excluding hydrogens is 262 g/mol. The van der Waals surface area contributed by atoms with Crippen LogP contribution in [0.15, 0.2) is 6.07 Å². The van der Waals surface area contributed by atoms with E-state index < -0.39 is 6.04 Å². The first kappa shape index (κ1) is 12.9. The number of H-pyrrole nitrogens is 1. The third-order valence-electron chi connectivity index (χ3n) is 3.44. The summed E-state index contributed by atoms with van der Waals surface area (Å²) in [6, 6.07) is 1.12. The minimum atomic E-state index is -0.596. The fraction of sp³-hybridized carbons (Fsp3) is 0.583. The molecule has 2 fully saturated rings. The number of carbonyl (C=O) groups excluding carboxylic acids is 2. The van der Waals surface area contributed by atoms with Gasteiger partial charge in [-0.1, -0.05) is 0 Å². The Morgan fingerprint density at radius 3 is 2.95 bits per heavy atom. The summed E-state index contributed by atoms with van der Waals surface area (Å²) in [5.41, 5.74) is 5.78. The van der Waals surface area contributed by atoms with Crippen LogP contribution in [0.1, 0.15) is 23.3 Å². The van der Waals surface area contributed by atoms with E-state index in [1.165, 1.54) is 11.0 Å². The van der Waals surface area contributed by atoms with Gasteiger partial charge < -0.3 is 20.7 Å². The van der Waals surface area contributed by atoms with Crippen molar-refractivity contribution in [3.8, 4) is 0 Å². The summed E-state index contributed by atoms with van der Waals surface area (Å²) in [4.78, 5) is 26.1. The number of amides is 2. The molecule has 8 nitrogen and oxygen atoms in total. The molecule has 0 spiro atoms. The molecule has 3 rings (SSSR count). The molecule has 0 radical (unpaired) electrons. The van der Waals surface area contributed by atoms with Crippen LogP contribution in [0.4, 0.5) is 5.82 Å². The summed E-state index contributed by atoms with van der Waals surface area (Å²) in [6.45, 7) is 1.01. The number of ether oxygens (including phenoxy) is 1. The molecule has 1 unspecified atom stereocenters. The summed E-state index contributed by atoms with van der Waals surface area (Å²) in [7, 11) is 0. The Morgan fingerprint density at radius 1 is 1.50 bits per heavy atom. The highest BCUT2D eigenvalue weighted by atomic mass is 16.5. The molecule has 1 aliphatic carbocycles. The molecule has 2 heterocycles. The van der Waals surface area contributed by atoms with Crippen LogP contribution in [0.5, 0.6) is 0 Å². The smallest absolute Gasteiger partial charge is 0.272 e. The Bertz CT molecular complexity index is 525. The van der Waals surface area contributed by atoms with Crippen LogP contribution in [0.3, 0.4) is 0 Å². The van der Waals surface area contributed by atoms with Gasteiger partial charge in [0.15, 0.2) is 0 Å². The highest BCUT2D eigenvalue weighted by molar-refractivity contribution is 5.96. The fourth-order valence-corrected chi connectivity index (χ4v) is 2.19. The zero-order chi connectivity index (χ0) is 14.1. The quantitative estimate of drug-likeness (QED) is 0.664. The third kappa shape index (κ3) is 2.60. The Balaban J connectivity index is 1.73. The Morgan fingerprint density at radius 2 is 2.30 bits per heavy atom. The van der Waals surface area contributed by atoms with Gasteiger partial charge in [-0.2, -0.15) is 5.10 Å². The van der Waals surface area contributed by atoms with E-state index in [1.807, 2.05) is 0 Å². The van der Waals surface area contributed by atoms with Gasteiger partial charge in [0.05, 0.1) is 13.2 Å². The van der Waals surface area contributed by atoms with Crippen LogP contribution in [-0.2, 0) is 9.53 Å². The van der Waals surface area contributed by atoms with Crippen molar-refractivity contribution in [3.63, 3.8) is 0 Å². The molecule has 2 amide bonds. The Labute approximate surface area is 115 Å². The summed E-state index contributed by atoms with van der Waals surface area (Å²) in [5.74, 6) is -0.193. The lowest BCUT2D eigenvalue weighted by Gasteiger charge is -2.34. The second kappa shape index (κ2) is 5.12. The van der Waals surface area contributed by atoms with E-state index in [2.05, 4.69) is 15.5 Å². The zero-order valence-corrected chi connectivity index (χ0v) is 11.0. The molecule has 20 heavy (non-hydrogen) atoms. The molecule has 0 bridgehead atoms. The van der Waals surface area contributed by atoms with Crippen molar-refractivity contribution < 1.29 is 14.3 Å². The first-order chi connectivity index (χ1) is 9.65. The maximum absolute atomic E-state index is 12.4. The lowest BCUT2D eigenvalue weighted by Crippen LogP contribution is -2.56. The number of hydrogen-bond donors (Lipinski definition) is 3. The molecular formula is C12H17N5O3. The normalized spacial score (nSPS) is 22.6. The summed E-state index contributed by atoms with van der Waals surface area (Å²) >= 11 is 0. The minimum absolute atomic E-state index is 0.159. The minimum Gasteiger partial charge on any atom is -0.382 e. The van der Waals surface area contributed by atoms with Gasteiger partial charge in [0, 0.05) is 18.7 Å².